The summed E-state index contributed by atoms with van der Waals surface area (Å²) in [6.07, 6.45) is 5.54. The van der Waals surface area contributed by atoms with Gasteiger partial charge in [-0.1, -0.05) is 12.5 Å². The molecule has 0 spiro atoms. The van der Waals surface area contributed by atoms with Gasteiger partial charge in [-0.25, -0.2) is 4.98 Å². The van der Waals surface area contributed by atoms with Gasteiger partial charge in [-0.3, -0.25) is 9.59 Å². The van der Waals surface area contributed by atoms with E-state index in [-0.39, 0.29) is 17.6 Å². The Bertz CT molecular complexity index is 1540. The Morgan fingerprint density at radius 2 is 1.95 bits per heavy atom. The van der Waals surface area contributed by atoms with E-state index in [1.807, 2.05) is 19.1 Å². The third-order valence-electron chi connectivity index (χ3n) is 8.41. The maximum atomic E-state index is 13.4. The van der Waals surface area contributed by atoms with E-state index in [1.165, 1.54) is 10.1 Å². The molecule has 2 aliphatic heterocycles. The number of hydrogen-bond donors (Lipinski definition) is 1. The maximum Gasteiger partial charge on any atom is 0.265 e. The van der Waals surface area contributed by atoms with Gasteiger partial charge in [-0.15, -0.1) is 0 Å². The number of allylic oxidation sites excluding steroid dienone is 1. The van der Waals surface area contributed by atoms with Crippen LogP contribution in [0, 0.1) is 6.92 Å². The molecule has 6 rings (SSSR count). The van der Waals surface area contributed by atoms with E-state index < -0.39 is 11.5 Å². The first-order chi connectivity index (χ1) is 18.7. The van der Waals surface area contributed by atoms with E-state index in [4.69, 9.17) is 24.6 Å². The number of benzene rings is 1. The summed E-state index contributed by atoms with van der Waals surface area (Å²) in [6.45, 7) is 8.85. The summed E-state index contributed by atoms with van der Waals surface area (Å²) in [6, 6.07) is 3.91. The normalized spacial score (nSPS) is 21.7. The van der Waals surface area contributed by atoms with Gasteiger partial charge in [0.2, 0.25) is 0 Å². The summed E-state index contributed by atoms with van der Waals surface area (Å²) >= 11 is 0. The number of fused-ring (bicyclic) bond motifs is 2. The molecule has 9 nitrogen and oxygen atoms in total. The second kappa shape index (κ2) is 9.86. The van der Waals surface area contributed by atoms with Gasteiger partial charge in [0.1, 0.15) is 28.9 Å². The third kappa shape index (κ3) is 4.52. The molecule has 2 aromatic heterocycles. The van der Waals surface area contributed by atoms with Crippen LogP contribution in [0.5, 0.6) is 5.75 Å². The van der Waals surface area contributed by atoms with Crippen molar-refractivity contribution in [3.05, 3.63) is 56.5 Å². The zero-order chi connectivity index (χ0) is 27.4. The number of aromatic nitrogens is 2. The SMILES string of the molecule is CC1=Cc2nc(C3CCN(c4c(C(N)=O)c(=O)n(C)c5cc(OC6CCOC6)c(C)cc45)CC3)oc2C(C)C1. The van der Waals surface area contributed by atoms with Crippen molar-refractivity contribution in [2.24, 2.45) is 12.8 Å². The predicted molar refractivity (Wildman–Crippen MR) is 150 cm³/mol. The summed E-state index contributed by atoms with van der Waals surface area (Å²) in [5.41, 5.74) is 9.96. The molecular formula is C30H36N4O5. The molecule has 2 unspecified atom stereocenters. The Hall–Kier alpha value is -3.59. The number of amides is 1. The first-order valence-electron chi connectivity index (χ1n) is 13.9. The average molecular weight is 533 g/mol. The highest BCUT2D eigenvalue weighted by Gasteiger charge is 2.32. The molecule has 4 heterocycles. The van der Waals surface area contributed by atoms with Crippen LogP contribution < -0.4 is 20.9 Å². The fourth-order valence-corrected chi connectivity index (χ4v) is 6.33. The lowest BCUT2D eigenvalue weighted by Gasteiger charge is -2.34. The minimum Gasteiger partial charge on any atom is -0.488 e. The summed E-state index contributed by atoms with van der Waals surface area (Å²) in [4.78, 5) is 33.0. The lowest BCUT2D eigenvalue weighted by atomic mass is 9.93. The van der Waals surface area contributed by atoms with Gasteiger partial charge < -0.3 is 29.1 Å². The second-order valence-corrected chi connectivity index (χ2v) is 11.3. The number of anilines is 1. The number of piperidine rings is 1. The van der Waals surface area contributed by atoms with Gasteiger partial charge in [0.25, 0.3) is 11.5 Å². The summed E-state index contributed by atoms with van der Waals surface area (Å²) < 4.78 is 19.4. The first kappa shape index (κ1) is 25.7. The molecule has 0 bridgehead atoms. The Labute approximate surface area is 227 Å². The van der Waals surface area contributed by atoms with Crippen molar-refractivity contribution < 1.29 is 18.7 Å². The monoisotopic (exact) mass is 532 g/mol. The standard InChI is InChI=1S/C30H36N4O5/c1-16-11-18(3)27-22(12-16)32-29(39-27)19-5-8-34(9-6-19)26-21-13-17(2)24(38-20-7-10-37-15-20)14-23(21)33(4)30(36)25(26)28(31)35/h12-14,18-20H,5-11,15H2,1-4H3,(H2,31,35). The van der Waals surface area contributed by atoms with Crippen molar-refractivity contribution in [1.29, 1.82) is 0 Å². The summed E-state index contributed by atoms with van der Waals surface area (Å²) in [7, 11) is 1.67. The van der Waals surface area contributed by atoms with Crippen molar-refractivity contribution in [2.75, 3.05) is 31.2 Å². The lowest BCUT2D eigenvalue weighted by molar-refractivity contribution is 0.0999. The largest absolute Gasteiger partial charge is 0.488 e. The highest BCUT2D eigenvalue weighted by Crippen LogP contribution is 2.40. The number of nitrogens with zero attached hydrogens (tertiary/aromatic N) is 3. The highest BCUT2D eigenvalue weighted by atomic mass is 16.5. The van der Waals surface area contributed by atoms with Crippen LogP contribution in [0.3, 0.4) is 0 Å². The molecule has 1 aliphatic carbocycles. The van der Waals surface area contributed by atoms with Crippen LogP contribution in [-0.4, -0.2) is 47.9 Å². The van der Waals surface area contributed by atoms with Crippen LogP contribution >= 0.6 is 0 Å². The minimum atomic E-state index is -0.716. The fourth-order valence-electron chi connectivity index (χ4n) is 6.33. The summed E-state index contributed by atoms with van der Waals surface area (Å²) in [5, 5.41) is 0.817. The fraction of sp³-hybridized carbons (Fsp3) is 0.500. The van der Waals surface area contributed by atoms with Crippen LogP contribution in [0.15, 0.2) is 26.9 Å². The van der Waals surface area contributed by atoms with Gasteiger partial charge in [0.05, 0.1) is 24.4 Å². The number of carbonyl (C=O) groups excluding carboxylic acids is 1. The topological polar surface area (TPSA) is 113 Å². The van der Waals surface area contributed by atoms with Gasteiger partial charge in [-0.2, -0.15) is 0 Å². The third-order valence-corrected chi connectivity index (χ3v) is 8.41. The molecular weight excluding hydrogens is 496 g/mol. The Balaban J connectivity index is 1.34. The van der Waals surface area contributed by atoms with E-state index in [0.29, 0.717) is 43.4 Å². The number of pyridine rings is 1. The van der Waals surface area contributed by atoms with Gasteiger partial charge in [-0.05, 0) is 50.8 Å². The average Bonchev–Trinajstić information content (AvgIpc) is 3.57. The molecule has 3 aromatic rings. The number of carbonyl (C=O) groups is 1. The molecule has 3 aliphatic rings. The van der Waals surface area contributed by atoms with Crippen LogP contribution in [0.25, 0.3) is 17.0 Å². The van der Waals surface area contributed by atoms with Crippen LogP contribution in [0.4, 0.5) is 5.69 Å². The molecule has 2 saturated heterocycles. The minimum absolute atomic E-state index is 0.00941. The van der Waals surface area contributed by atoms with E-state index in [2.05, 4.69) is 24.8 Å². The first-order valence-corrected chi connectivity index (χ1v) is 13.9. The number of primary amides is 1. The van der Waals surface area contributed by atoms with Crippen molar-refractivity contribution in [3.63, 3.8) is 0 Å². The van der Waals surface area contributed by atoms with Gasteiger partial charge in [0.15, 0.2) is 5.89 Å². The Morgan fingerprint density at radius 3 is 2.64 bits per heavy atom. The molecule has 0 radical (unpaired) electrons. The van der Waals surface area contributed by atoms with Gasteiger partial charge >= 0.3 is 0 Å². The lowest BCUT2D eigenvalue weighted by Crippen LogP contribution is -2.38. The van der Waals surface area contributed by atoms with Crippen LogP contribution in [0.1, 0.15) is 84.6 Å². The predicted octanol–water partition coefficient (Wildman–Crippen LogP) is 4.40. The number of oxazole rings is 1. The maximum absolute atomic E-state index is 13.4. The molecule has 2 atom stereocenters. The quantitative estimate of drug-likeness (QED) is 0.518. The molecule has 1 aromatic carbocycles. The van der Waals surface area contributed by atoms with Crippen molar-refractivity contribution in [2.45, 2.75) is 64.4 Å². The molecule has 39 heavy (non-hydrogen) atoms. The zero-order valence-corrected chi connectivity index (χ0v) is 23.1. The van der Waals surface area contributed by atoms with E-state index in [1.54, 1.807) is 7.05 Å². The molecule has 1 amide bonds. The number of hydrogen-bond acceptors (Lipinski definition) is 7. The van der Waals surface area contributed by atoms with Crippen molar-refractivity contribution in [1.82, 2.24) is 9.55 Å². The van der Waals surface area contributed by atoms with Crippen LogP contribution in [0.2, 0.25) is 0 Å². The van der Waals surface area contributed by atoms with Crippen LogP contribution in [-0.2, 0) is 11.8 Å². The molecule has 9 heteroatoms. The smallest absolute Gasteiger partial charge is 0.265 e. The zero-order valence-electron chi connectivity index (χ0n) is 23.1. The van der Waals surface area contributed by atoms with Crippen molar-refractivity contribution in [3.8, 4) is 5.75 Å². The Kier molecular flexibility index (Phi) is 6.49. The second-order valence-electron chi connectivity index (χ2n) is 11.3. The Morgan fingerprint density at radius 1 is 1.18 bits per heavy atom. The number of ether oxygens (including phenoxy) is 2. The van der Waals surface area contributed by atoms with Gasteiger partial charge in [0, 0.05) is 49.8 Å². The summed E-state index contributed by atoms with van der Waals surface area (Å²) in [5.74, 6) is 2.27. The molecule has 206 valence electrons. The van der Waals surface area contributed by atoms with E-state index in [0.717, 1.165) is 59.7 Å². The number of nitrogens with two attached hydrogens (primary N) is 1. The van der Waals surface area contributed by atoms with Crippen molar-refractivity contribution >= 4 is 28.6 Å². The number of aryl methyl sites for hydroxylation is 2. The highest BCUT2D eigenvalue weighted by molar-refractivity contribution is 6.07. The van der Waals surface area contributed by atoms with E-state index >= 15 is 0 Å². The number of rotatable bonds is 5. The molecule has 2 fully saturated rings. The molecule has 2 N–H and O–H groups in total. The molecule has 0 saturated carbocycles. The van der Waals surface area contributed by atoms with E-state index in [9.17, 15) is 9.59 Å².